The molecule has 0 atom stereocenters. The predicted molar refractivity (Wildman–Crippen MR) is 60.6 cm³/mol. The predicted octanol–water partition coefficient (Wildman–Crippen LogP) is 0.913. The molecule has 0 saturated carbocycles. The lowest BCUT2D eigenvalue weighted by atomic mass is 9.94. The number of aliphatic carboxylic acids is 1. The number of rotatable bonds is 5. The maximum Gasteiger partial charge on any atom is 0.320 e. The van der Waals surface area contributed by atoms with Crippen molar-refractivity contribution in [3.8, 4) is 0 Å². The van der Waals surface area contributed by atoms with Gasteiger partial charge in [0.05, 0.1) is 0 Å². The summed E-state index contributed by atoms with van der Waals surface area (Å²) in [4.78, 5) is 10.4. The second-order valence-corrected chi connectivity index (χ2v) is 6.25. The van der Waals surface area contributed by atoms with Crippen molar-refractivity contribution >= 4 is 16.0 Å². The smallest absolute Gasteiger partial charge is 0.320 e. The summed E-state index contributed by atoms with van der Waals surface area (Å²) in [7, 11) is -3.59. The Hall–Kier alpha value is -0.620. The number of hydrogen-bond acceptors (Lipinski definition) is 3. The first-order valence-corrected chi connectivity index (χ1v) is 7.26. The molecule has 16 heavy (non-hydrogen) atoms. The van der Waals surface area contributed by atoms with E-state index in [0.717, 1.165) is 25.7 Å². The molecule has 0 unspecified atom stereocenters. The summed E-state index contributed by atoms with van der Waals surface area (Å²) in [6, 6.07) is 0. The van der Waals surface area contributed by atoms with E-state index in [-0.39, 0.29) is 0 Å². The lowest BCUT2D eigenvalue weighted by molar-refractivity contribution is -0.134. The second kappa shape index (κ2) is 5.63. The molecule has 1 aliphatic rings. The van der Waals surface area contributed by atoms with Crippen LogP contribution < -0.4 is 0 Å². The number of carboxylic acids is 1. The minimum absolute atomic E-state index is 0.472. The zero-order chi connectivity index (χ0) is 12.2. The standard InChI is InChI=1S/C10H19NO4S/c1-2-3-9-4-6-11(7-5-9)16(14,15)8-10(12)13/h9H,2-8H2,1H3,(H,12,13). The van der Waals surface area contributed by atoms with Crippen molar-refractivity contribution in [2.45, 2.75) is 32.6 Å². The monoisotopic (exact) mass is 249 g/mol. The molecule has 1 heterocycles. The fourth-order valence-corrected chi connectivity index (χ4v) is 3.39. The van der Waals surface area contributed by atoms with E-state index in [9.17, 15) is 13.2 Å². The summed E-state index contributed by atoms with van der Waals surface area (Å²) < 4.78 is 24.5. The van der Waals surface area contributed by atoms with Gasteiger partial charge in [0.1, 0.15) is 0 Å². The molecule has 1 aliphatic heterocycles. The van der Waals surface area contributed by atoms with Crippen LogP contribution in [0.3, 0.4) is 0 Å². The highest BCUT2D eigenvalue weighted by Crippen LogP contribution is 2.23. The average Bonchev–Trinajstić information content (AvgIpc) is 2.17. The van der Waals surface area contributed by atoms with Gasteiger partial charge in [0.25, 0.3) is 0 Å². The Labute approximate surface area is 96.5 Å². The van der Waals surface area contributed by atoms with Crippen LogP contribution in [0.4, 0.5) is 0 Å². The van der Waals surface area contributed by atoms with Crippen LogP contribution in [0.1, 0.15) is 32.6 Å². The molecule has 0 radical (unpaired) electrons. The summed E-state index contributed by atoms with van der Waals surface area (Å²) in [6.07, 6.45) is 3.96. The topological polar surface area (TPSA) is 74.7 Å². The van der Waals surface area contributed by atoms with E-state index < -0.39 is 21.7 Å². The third kappa shape index (κ3) is 3.75. The quantitative estimate of drug-likeness (QED) is 0.786. The average molecular weight is 249 g/mol. The first-order chi connectivity index (χ1) is 7.45. The van der Waals surface area contributed by atoms with Gasteiger partial charge in [-0.1, -0.05) is 19.8 Å². The Kier molecular flexibility index (Phi) is 4.73. The van der Waals surface area contributed by atoms with Crippen LogP contribution in [0.15, 0.2) is 0 Å². The van der Waals surface area contributed by atoms with Crippen molar-refractivity contribution in [1.29, 1.82) is 0 Å². The molecule has 0 amide bonds. The molecule has 5 nitrogen and oxygen atoms in total. The normalized spacial score (nSPS) is 19.8. The third-order valence-corrected chi connectivity index (χ3v) is 4.73. The maximum atomic E-state index is 11.6. The van der Waals surface area contributed by atoms with Gasteiger partial charge in [0, 0.05) is 13.1 Å². The van der Waals surface area contributed by atoms with E-state index in [2.05, 4.69) is 6.92 Å². The number of piperidine rings is 1. The van der Waals surface area contributed by atoms with Crippen molar-refractivity contribution in [2.75, 3.05) is 18.8 Å². The number of sulfonamides is 1. The van der Waals surface area contributed by atoms with Crippen molar-refractivity contribution in [1.82, 2.24) is 4.31 Å². The van der Waals surface area contributed by atoms with E-state index in [1.54, 1.807) is 0 Å². The molecule has 0 aromatic heterocycles. The summed E-state index contributed by atoms with van der Waals surface area (Å²) in [5, 5.41) is 8.51. The zero-order valence-electron chi connectivity index (χ0n) is 9.55. The lowest BCUT2D eigenvalue weighted by Crippen LogP contribution is -2.41. The molecule has 0 aliphatic carbocycles. The minimum Gasteiger partial charge on any atom is -0.480 e. The van der Waals surface area contributed by atoms with Gasteiger partial charge in [-0.2, -0.15) is 0 Å². The van der Waals surface area contributed by atoms with Crippen molar-refractivity contribution in [3.05, 3.63) is 0 Å². The molecule has 94 valence electrons. The summed E-state index contributed by atoms with van der Waals surface area (Å²) in [6.45, 7) is 3.06. The van der Waals surface area contributed by atoms with Gasteiger partial charge in [-0.25, -0.2) is 12.7 Å². The molecular formula is C10H19NO4S. The molecule has 0 bridgehead atoms. The van der Waals surface area contributed by atoms with Crippen LogP contribution in [-0.4, -0.2) is 42.6 Å². The van der Waals surface area contributed by atoms with E-state index in [1.165, 1.54) is 4.31 Å². The Morgan fingerprint density at radius 3 is 2.38 bits per heavy atom. The molecule has 0 aromatic rings. The fraction of sp³-hybridized carbons (Fsp3) is 0.900. The van der Waals surface area contributed by atoms with E-state index >= 15 is 0 Å². The molecule has 1 saturated heterocycles. The van der Waals surface area contributed by atoms with Crippen LogP contribution in [0, 0.1) is 5.92 Å². The fourth-order valence-electron chi connectivity index (χ4n) is 2.13. The highest BCUT2D eigenvalue weighted by Gasteiger charge is 2.29. The highest BCUT2D eigenvalue weighted by atomic mass is 32.2. The van der Waals surface area contributed by atoms with Gasteiger partial charge in [0.15, 0.2) is 5.75 Å². The molecular weight excluding hydrogens is 230 g/mol. The number of hydrogen-bond donors (Lipinski definition) is 1. The minimum atomic E-state index is -3.59. The Morgan fingerprint density at radius 2 is 1.94 bits per heavy atom. The van der Waals surface area contributed by atoms with E-state index in [0.29, 0.717) is 19.0 Å². The number of carbonyl (C=O) groups is 1. The van der Waals surface area contributed by atoms with Crippen LogP contribution in [0.5, 0.6) is 0 Å². The van der Waals surface area contributed by atoms with E-state index in [4.69, 9.17) is 5.11 Å². The van der Waals surface area contributed by atoms with Crippen LogP contribution in [-0.2, 0) is 14.8 Å². The highest BCUT2D eigenvalue weighted by molar-refractivity contribution is 7.89. The van der Waals surface area contributed by atoms with E-state index in [1.807, 2.05) is 0 Å². The van der Waals surface area contributed by atoms with Gasteiger partial charge < -0.3 is 5.11 Å². The summed E-state index contributed by atoms with van der Waals surface area (Å²) in [5.74, 6) is -1.47. The Balaban J connectivity index is 2.50. The molecule has 1 N–H and O–H groups in total. The Bertz CT molecular complexity index is 331. The van der Waals surface area contributed by atoms with Crippen molar-refractivity contribution < 1.29 is 18.3 Å². The lowest BCUT2D eigenvalue weighted by Gasteiger charge is -2.30. The molecule has 1 fully saturated rings. The van der Waals surface area contributed by atoms with Crippen molar-refractivity contribution in [3.63, 3.8) is 0 Å². The zero-order valence-corrected chi connectivity index (χ0v) is 10.4. The first-order valence-electron chi connectivity index (χ1n) is 5.65. The number of nitrogens with zero attached hydrogens (tertiary/aromatic N) is 1. The van der Waals surface area contributed by atoms with Gasteiger partial charge in [-0.15, -0.1) is 0 Å². The SMILES string of the molecule is CCCC1CCN(S(=O)(=O)CC(=O)O)CC1. The van der Waals surface area contributed by atoms with Gasteiger partial charge in [-0.3, -0.25) is 4.79 Å². The van der Waals surface area contributed by atoms with Gasteiger partial charge >= 0.3 is 5.97 Å². The van der Waals surface area contributed by atoms with Gasteiger partial charge in [-0.05, 0) is 18.8 Å². The molecule has 0 aromatic carbocycles. The first kappa shape index (κ1) is 13.4. The number of carboxylic acid groups (broad SMARTS) is 1. The molecule has 0 spiro atoms. The van der Waals surface area contributed by atoms with Crippen molar-refractivity contribution in [2.24, 2.45) is 5.92 Å². The molecule has 1 rings (SSSR count). The van der Waals surface area contributed by atoms with Crippen LogP contribution >= 0.6 is 0 Å². The second-order valence-electron chi connectivity index (χ2n) is 4.28. The summed E-state index contributed by atoms with van der Waals surface area (Å²) >= 11 is 0. The molecule has 6 heteroatoms. The van der Waals surface area contributed by atoms with Crippen LogP contribution in [0.2, 0.25) is 0 Å². The Morgan fingerprint density at radius 1 is 1.38 bits per heavy atom. The van der Waals surface area contributed by atoms with Gasteiger partial charge in [0.2, 0.25) is 10.0 Å². The third-order valence-electron chi connectivity index (χ3n) is 2.97. The van der Waals surface area contributed by atoms with Crippen LogP contribution in [0.25, 0.3) is 0 Å². The summed E-state index contributed by atoms with van der Waals surface area (Å²) in [5.41, 5.74) is 0. The largest absolute Gasteiger partial charge is 0.480 e. The maximum absolute atomic E-state index is 11.6.